The molecule has 0 aliphatic heterocycles. The number of guanidine groups is 1. The maximum Gasteiger partial charge on any atom is 0.319 e. The van der Waals surface area contributed by atoms with E-state index < -0.39 is 6.55 Å². The maximum atomic E-state index is 12.7. The van der Waals surface area contributed by atoms with Crippen molar-refractivity contribution in [2.75, 3.05) is 40.0 Å². The summed E-state index contributed by atoms with van der Waals surface area (Å²) in [7, 11) is 1.63. The average molecular weight is 461 g/mol. The van der Waals surface area contributed by atoms with Crippen molar-refractivity contribution >= 4 is 29.9 Å². The summed E-state index contributed by atoms with van der Waals surface area (Å²) in [6.07, 6.45) is 3.39. The highest BCUT2D eigenvalue weighted by Crippen LogP contribution is 2.12. The van der Waals surface area contributed by atoms with Crippen molar-refractivity contribution in [2.45, 2.75) is 26.4 Å². The maximum absolute atomic E-state index is 12.7. The monoisotopic (exact) mass is 461 g/mol. The second-order valence-corrected chi connectivity index (χ2v) is 4.61. The van der Waals surface area contributed by atoms with Crippen LogP contribution < -0.4 is 10.6 Å². The van der Waals surface area contributed by atoms with E-state index in [9.17, 15) is 8.78 Å². The second-order valence-electron chi connectivity index (χ2n) is 4.61. The summed E-state index contributed by atoms with van der Waals surface area (Å²) in [5.74, 6) is 0.785. The van der Waals surface area contributed by atoms with Crippen molar-refractivity contribution in [1.82, 2.24) is 20.2 Å². The number of imidazole rings is 1. The minimum absolute atomic E-state index is 0. The molecule has 1 aromatic heterocycles. The standard InChI is InChI=1S/C14H25F2N5O2.HI/c1-3-17-14(19-5-4-8-23-10-9-22-2)20-11-12-18-6-7-21(12)13(15)16;/h6-7,13H,3-5,8-11H2,1-2H3,(H2,17,19,20);1H. The number of hydrogen-bond acceptors (Lipinski definition) is 4. The van der Waals surface area contributed by atoms with Gasteiger partial charge >= 0.3 is 6.55 Å². The van der Waals surface area contributed by atoms with Gasteiger partial charge < -0.3 is 20.1 Å². The Morgan fingerprint density at radius 3 is 2.79 bits per heavy atom. The van der Waals surface area contributed by atoms with Gasteiger partial charge in [-0.2, -0.15) is 8.78 Å². The van der Waals surface area contributed by atoms with Gasteiger partial charge in [0.15, 0.2) is 5.96 Å². The third-order valence-electron chi connectivity index (χ3n) is 2.87. The van der Waals surface area contributed by atoms with Gasteiger partial charge in [0.05, 0.1) is 13.2 Å². The third kappa shape index (κ3) is 9.33. The van der Waals surface area contributed by atoms with E-state index in [2.05, 4.69) is 20.6 Å². The number of halogens is 3. The molecule has 0 aromatic carbocycles. The Balaban J connectivity index is 0.00000529. The van der Waals surface area contributed by atoms with Crippen molar-refractivity contribution in [3.05, 3.63) is 18.2 Å². The zero-order chi connectivity index (χ0) is 16.9. The molecule has 0 spiro atoms. The molecule has 0 unspecified atom stereocenters. The van der Waals surface area contributed by atoms with Crippen molar-refractivity contribution in [1.29, 1.82) is 0 Å². The lowest BCUT2D eigenvalue weighted by Crippen LogP contribution is -2.38. The molecule has 0 saturated heterocycles. The molecular weight excluding hydrogens is 435 g/mol. The average Bonchev–Trinajstić information content (AvgIpc) is 3.00. The first-order valence-corrected chi connectivity index (χ1v) is 7.57. The van der Waals surface area contributed by atoms with Gasteiger partial charge in [0.2, 0.25) is 0 Å². The first-order chi connectivity index (χ1) is 11.2. The summed E-state index contributed by atoms with van der Waals surface area (Å²) in [6, 6.07) is 0. The van der Waals surface area contributed by atoms with Crippen LogP contribution in [0.15, 0.2) is 17.4 Å². The zero-order valence-corrected chi connectivity index (χ0v) is 16.3. The molecule has 1 heterocycles. The Kier molecular flexibility index (Phi) is 13.7. The van der Waals surface area contributed by atoms with Gasteiger partial charge in [0.1, 0.15) is 12.4 Å². The van der Waals surface area contributed by atoms with Crippen LogP contribution in [-0.4, -0.2) is 55.5 Å². The number of alkyl halides is 2. The third-order valence-corrected chi connectivity index (χ3v) is 2.87. The zero-order valence-electron chi connectivity index (χ0n) is 14.0. The lowest BCUT2D eigenvalue weighted by Gasteiger charge is -2.11. The highest BCUT2D eigenvalue weighted by molar-refractivity contribution is 14.0. The molecule has 10 heteroatoms. The van der Waals surface area contributed by atoms with Crippen LogP contribution >= 0.6 is 24.0 Å². The lowest BCUT2D eigenvalue weighted by molar-refractivity contribution is 0.0671. The van der Waals surface area contributed by atoms with E-state index in [4.69, 9.17) is 9.47 Å². The van der Waals surface area contributed by atoms with Crippen LogP contribution in [0.5, 0.6) is 0 Å². The molecule has 0 aliphatic carbocycles. The van der Waals surface area contributed by atoms with Gasteiger partial charge in [-0.1, -0.05) is 0 Å². The fourth-order valence-electron chi connectivity index (χ4n) is 1.76. The Hall–Kier alpha value is -1.01. The van der Waals surface area contributed by atoms with Crippen LogP contribution in [0.2, 0.25) is 0 Å². The largest absolute Gasteiger partial charge is 0.382 e. The highest BCUT2D eigenvalue weighted by Gasteiger charge is 2.10. The molecule has 1 rings (SSSR count). The second kappa shape index (κ2) is 14.3. The summed E-state index contributed by atoms with van der Waals surface area (Å²) in [5.41, 5.74) is 0. The van der Waals surface area contributed by atoms with Gasteiger partial charge in [0, 0.05) is 39.2 Å². The number of methoxy groups -OCH3 is 1. The van der Waals surface area contributed by atoms with Crippen LogP contribution in [0, 0.1) is 0 Å². The molecule has 140 valence electrons. The number of hydrogen-bond donors (Lipinski definition) is 2. The molecule has 1 aromatic rings. The number of aliphatic imine (C=N–C) groups is 1. The van der Waals surface area contributed by atoms with E-state index >= 15 is 0 Å². The Morgan fingerprint density at radius 1 is 1.33 bits per heavy atom. The first-order valence-electron chi connectivity index (χ1n) is 7.57. The molecule has 0 saturated carbocycles. The quantitative estimate of drug-likeness (QED) is 0.228. The van der Waals surface area contributed by atoms with Crippen LogP contribution in [0.25, 0.3) is 0 Å². The Bertz CT molecular complexity index is 460. The van der Waals surface area contributed by atoms with Crippen LogP contribution in [0.1, 0.15) is 25.7 Å². The van der Waals surface area contributed by atoms with Gasteiger partial charge in [-0.3, -0.25) is 4.57 Å². The van der Waals surface area contributed by atoms with Gasteiger partial charge in [-0.05, 0) is 13.3 Å². The topological polar surface area (TPSA) is 72.7 Å². The molecular formula is C14H26F2IN5O2. The van der Waals surface area contributed by atoms with E-state index in [0.29, 0.717) is 38.9 Å². The van der Waals surface area contributed by atoms with E-state index in [-0.39, 0.29) is 36.3 Å². The van der Waals surface area contributed by atoms with Crippen molar-refractivity contribution in [3.8, 4) is 0 Å². The van der Waals surface area contributed by atoms with Crippen molar-refractivity contribution in [3.63, 3.8) is 0 Å². The predicted molar refractivity (Wildman–Crippen MR) is 99.0 cm³/mol. The summed E-state index contributed by atoms with van der Waals surface area (Å²) in [6.45, 7) is 2.52. The Morgan fingerprint density at radius 2 is 2.12 bits per heavy atom. The number of aromatic nitrogens is 2. The molecule has 7 nitrogen and oxygen atoms in total. The summed E-state index contributed by atoms with van der Waals surface area (Å²) in [4.78, 5) is 8.16. The van der Waals surface area contributed by atoms with Crippen LogP contribution in [-0.2, 0) is 16.0 Å². The number of nitrogens with one attached hydrogen (secondary N) is 2. The smallest absolute Gasteiger partial charge is 0.319 e. The predicted octanol–water partition coefficient (Wildman–Crippen LogP) is 2.00. The van der Waals surface area contributed by atoms with E-state index in [1.165, 1.54) is 12.4 Å². The van der Waals surface area contributed by atoms with E-state index in [0.717, 1.165) is 11.0 Å². The highest BCUT2D eigenvalue weighted by atomic mass is 127. The van der Waals surface area contributed by atoms with Crippen LogP contribution in [0.4, 0.5) is 8.78 Å². The van der Waals surface area contributed by atoms with E-state index in [1.807, 2.05) is 6.92 Å². The molecule has 2 N–H and O–H groups in total. The van der Waals surface area contributed by atoms with Crippen molar-refractivity contribution in [2.24, 2.45) is 4.99 Å². The Labute approximate surface area is 158 Å². The molecule has 0 radical (unpaired) electrons. The van der Waals surface area contributed by atoms with Gasteiger partial charge in [-0.25, -0.2) is 9.98 Å². The van der Waals surface area contributed by atoms with Crippen LogP contribution in [0.3, 0.4) is 0 Å². The molecule has 0 amide bonds. The molecule has 0 bridgehead atoms. The number of rotatable bonds is 11. The number of nitrogens with zero attached hydrogens (tertiary/aromatic N) is 3. The fourth-order valence-corrected chi connectivity index (χ4v) is 1.76. The lowest BCUT2D eigenvalue weighted by atomic mass is 10.4. The minimum Gasteiger partial charge on any atom is -0.382 e. The number of ether oxygens (including phenoxy) is 2. The summed E-state index contributed by atoms with van der Waals surface area (Å²) < 4.78 is 36.5. The van der Waals surface area contributed by atoms with E-state index in [1.54, 1.807) is 7.11 Å². The molecule has 24 heavy (non-hydrogen) atoms. The van der Waals surface area contributed by atoms with Gasteiger partial charge in [-0.15, -0.1) is 24.0 Å². The molecule has 0 fully saturated rings. The summed E-state index contributed by atoms with van der Waals surface area (Å²) >= 11 is 0. The minimum atomic E-state index is -2.61. The molecule has 0 atom stereocenters. The normalized spacial score (nSPS) is 11.5. The van der Waals surface area contributed by atoms with Gasteiger partial charge in [0.25, 0.3) is 0 Å². The SMILES string of the molecule is CCNC(=NCc1nccn1C(F)F)NCCCOCCOC.I. The summed E-state index contributed by atoms with van der Waals surface area (Å²) in [5, 5.41) is 6.18. The fraction of sp³-hybridized carbons (Fsp3) is 0.714. The molecule has 0 aliphatic rings. The van der Waals surface area contributed by atoms with Crippen molar-refractivity contribution < 1.29 is 18.3 Å². The first kappa shape index (κ1) is 23.0.